The molecule has 4 N–H and O–H groups in total. The van der Waals surface area contributed by atoms with Gasteiger partial charge in [-0.2, -0.15) is 4.99 Å². The summed E-state index contributed by atoms with van der Waals surface area (Å²) >= 11 is 0. The number of benzene rings is 1. The Hall–Kier alpha value is -2.73. The van der Waals surface area contributed by atoms with Gasteiger partial charge in [-0.1, -0.05) is 30.3 Å². The van der Waals surface area contributed by atoms with Crippen LogP contribution in [0.2, 0.25) is 0 Å². The highest BCUT2D eigenvalue weighted by atomic mass is 15.4. The first-order valence-electron chi connectivity index (χ1n) is 8.18. The highest BCUT2D eigenvalue weighted by Gasteiger charge is 2.37. The molecule has 1 aliphatic carbocycles. The van der Waals surface area contributed by atoms with Gasteiger partial charge in [0, 0.05) is 30.1 Å². The summed E-state index contributed by atoms with van der Waals surface area (Å²) in [6.45, 7) is 0. The maximum absolute atomic E-state index is 6.54. The monoisotopic (exact) mass is 320 g/mol. The summed E-state index contributed by atoms with van der Waals surface area (Å²) in [6.07, 6.45) is 6.71. The summed E-state index contributed by atoms with van der Waals surface area (Å²) in [5.41, 5.74) is 8.42. The van der Waals surface area contributed by atoms with Crippen molar-refractivity contribution in [3.05, 3.63) is 60.4 Å². The molecule has 0 radical (unpaired) electrons. The number of aliphatic imine (C=N–C) groups is 2. The van der Waals surface area contributed by atoms with E-state index in [-0.39, 0.29) is 0 Å². The standard InChI is InChI=1S/C18H20N6/c19-18(12-13-6-7-13)23-16(14-4-2-1-3-5-14)22-17(24-18)21-15-8-10-20-11-9-15/h1-5,8-11,13H,6-7,12,19H2,(H2,20,21,22,23,24). The van der Waals surface area contributed by atoms with Gasteiger partial charge in [0.2, 0.25) is 5.96 Å². The molecule has 1 aromatic heterocycles. The first-order chi connectivity index (χ1) is 11.7. The molecule has 1 aliphatic heterocycles. The summed E-state index contributed by atoms with van der Waals surface area (Å²) in [5.74, 6) is 1.07. The number of aromatic nitrogens is 1. The quantitative estimate of drug-likeness (QED) is 0.806. The van der Waals surface area contributed by atoms with Gasteiger partial charge in [0.25, 0.3) is 0 Å². The predicted molar refractivity (Wildman–Crippen MR) is 95.7 cm³/mol. The molecule has 2 aromatic rings. The van der Waals surface area contributed by atoms with E-state index < -0.39 is 5.79 Å². The molecule has 2 aliphatic rings. The molecule has 1 unspecified atom stereocenters. The van der Waals surface area contributed by atoms with Crippen LogP contribution < -0.4 is 16.4 Å². The lowest BCUT2D eigenvalue weighted by Gasteiger charge is -2.32. The fourth-order valence-corrected chi connectivity index (χ4v) is 2.79. The van der Waals surface area contributed by atoms with E-state index in [0.717, 1.165) is 23.5 Å². The largest absolute Gasteiger partial charge is 0.333 e. The highest BCUT2D eigenvalue weighted by Crippen LogP contribution is 2.36. The second kappa shape index (κ2) is 6.05. The van der Waals surface area contributed by atoms with Crippen LogP contribution in [0.15, 0.2) is 64.8 Å². The van der Waals surface area contributed by atoms with Gasteiger partial charge >= 0.3 is 0 Å². The lowest BCUT2D eigenvalue weighted by molar-refractivity contribution is 0.357. The van der Waals surface area contributed by atoms with Crippen LogP contribution in [0.5, 0.6) is 0 Å². The number of nitrogens with two attached hydrogens (primary N) is 1. The van der Waals surface area contributed by atoms with E-state index in [1.807, 2.05) is 42.5 Å². The number of nitrogens with one attached hydrogen (secondary N) is 2. The summed E-state index contributed by atoms with van der Waals surface area (Å²) in [6, 6.07) is 13.7. The molecule has 1 saturated carbocycles. The number of pyridine rings is 1. The fraction of sp³-hybridized carbons (Fsp3) is 0.278. The van der Waals surface area contributed by atoms with Crippen molar-refractivity contribution in [2.24, 2.45) is 21.6 Å². The summed E-state index contributed by atoms with van der Waals surface area (Å²) in [5, 5.41) is 6.55. The number of guanidine groups is 1. The van der Waals surface area contributed by atoms with Gasteiger partial charge in [-0.3, -0.25) is 10.7 Å². The third kappa shape index (κ3) is 3.44. The Morgan fingerprint density at radius 3 is 2.58 bits per heavy atom. The Balaban J connectivity index is 1.65. The SMILES string of the molecule is NC1(CC2CC2)N=C(Nc2ccncc2)N=C(c2ccccc2)N1. The molecular formula is C18H20N6. The average Bonchev–Trinajstić information content (AvgIpc) is 3.39. The van der Waals surface area contributed by atoms with Crippen LogP contribution in [0.3, 0.4) is 0 Å². The van der Waals surface area contributed by atoms with E-state index >= 15 is 0 Å². The van der Waals surface area contributed by atoms with Crippen molar-refractivity contribution in [1.29, 1.82) is 0 Å². The molecular weight excluding hydrogens is 300 g/mol. The molecule has 2 heterocycles. The number of amidine groups is 1. The van der Waals surface area contributed by atoms with Crippen molar-refractivity contribution in [1.82, 2.24) is 10.3 Å². The zero-order chi connectivity index (χ0) is 16.4. The van der Waals surface area contributed by atoms with Crippen molar-refractivity contribution < 1.29 is 0 Å². The van der Waals surface area contributed by atoms with Crippen LogP contribution in [0.25, 0.3) is 0 Å². The highest BCUT2D eigenvalue weighted by molar-refractivity contribution is 6.10. The summed E-state index contributed by atoms with van der Waals surface area (Å²) in [4.78, 5) is 13.3. The summed E-state index contributed by atoms with van der Waals surface area (Å²) < 4.78 is 0. The van der Waals surface area contributed by atoms with Gasteiger partial charge in [0.05, 0.1) is 0 Å². The lowest BCUT2D eigenvalue weighted by Crippen LogP contribution is -2.58. The number of anilines is 1. The van der Waals surface area contributed by atoms with E-state index in [2.05, 4.69) is 25.6 Å². The maximum Gasteiger partial charge on any atom is 0.228 e. The van der Waals surface area contributed by atoms with Crippen LogP contribution in [-0.4, -0.2) is 22.6 Å². The minimum atomic E-state index is -0.830. The van der Waals surface area contributed by atoms with E-state index in [9.17, 15) is 0 Å². The smallest absolute Gasteiger partial charge is 0.228 e. The molecule has 6 nitrogen and oxygen atoms in total. The molecule has 6 heteroatoms. The molecule has 0 bridgehead atoms. The zero-order valence-electron chi connectivity index (χ0n) is 13.3. The van der Waals surface area contributed by atoms with Crippen molar-refractivity contribution in [3.8, 4) is 0 Å². The lowest BCUT2D eigenvalue weighted by atomic mass is 10.1. The van der Waals surface area contributed by atoms with Crippen LogP contribution in [0.4, 0.5) is 5.69 Å². The van der Waals surface area contributed by atoms with E-state index in [0.29, 0.717) is 11.9 Å². The van der Waals surface area contributed by atoms with Crippen molar-refractivity contribution in [2.75, 3.05) is 5.32 Å². The predicted octanol–water partition coefficient (Wildman–Crippen LogP) is 2.31. The molecule has 1 fully saturated rings. The van der Waals surface area contributed by atoms with E-state index in [4.69, 9.17) is 5.73 Å². The van der Waals surface area contributed by atoms with E-state index in [1.165, 1.54) is 12.8 Å². The van der Waals surface area contributed by atoms with Crippen molar-refractivity contribution >= 4 is 17.5 Å². The Bertz CT molecular complexity index is 767. The van der Waals surface area contributed by atoms with Gasteiger partial charge in [0.1, 0.15) is 5.84 Å². The number of rotatable bonds is 4. The molecule has 1 aromatic carbocycles. The Morgan fingerprint density at radius 1 is 1.12 bits per heavy atom. The van der Waals surface area contributed by atoms with Gasteiger partial charge in [-0.05, 0) is 30.9 Å². The van der Waals surface area contributed by atoms with Crippen molar-refractivity contribution in [2.45, 2.75) is 25.0 Å². The molecule has 0 saturated heterocycles. The molecule has 122 valence electrons. The second-order valence-corrected chi connectivity index (χ2v) is 6.32. The third-order valence-corrected chi connectivity index (χ3v) is 4.14. The van der Waals surface area contributed by atoms with Gasteiger partial charge in [-0.15, -0.1) is 0 Å². The first kappa shape index (κ1) is 14.8. The molecule has 0 spiro atoms. The van der Waals surface area contributed by atoms with Gasteiger partial charge in [-0.25, -0.2) is 4.99 Å². The van der Waals surface area contributed by atoms with E-state index in [1.54, 1.807) is 12.4 Å². The Kier molecular flexibility index (Phi) is 3.74. The average molecular weight is 320 g/mol. The van der Waals surface area contributed by atoms with Crippen LogP contribution in [-0.2, 0) is 0 Å². The molecule has 0 amide bonds. The fourth-order valence-electron chi connectivity index (χ4n) is 2.79. The third-order valence-electron chi connectivity index (χ3n) is 4.14. The van der Waals surface area contributed by atoms with Crippen LogP contribution >= 0.6 is 0 Å². The Labute approximate surface area is 140 Å². The zero-order valence-corrected chi connectivity index (χ0v) is 13.3. The van der Waals surface area contributed by atoms with Gasteiger partial charge < -0.3 is 10.6 Å². The van der Waals surface area contributed by atoms with Gasteiger partial charge in [0.15, 0.2) is 5.79 Å². The minimum Gasteiger partial charge on any atom is -0.333 e. The number of hydrogen-bond donors (Lipinski definition) is 3. The minimum absolute atomic E-state index is 0.516. The molecule has 4 rings (SSSR count). The number of nitrogens with zero attached hydrogens (tertiary/aromatic N) is 3. The topological polar surface area (TPSA) is 87.7 Å². The summed E-state index contributed by atoms with van der Waals surface area (Å²) in [7, 11) is 0. The van der Waals surface area contributed by atoms with Crippen molar-refractivity contribution in [3.63, 3.8) is 0 Å². The maximum atomic E-state index is 6.54. The van der Waals surface area contributed by atoms with Crippen LogP contribution in [0.1, 0.15) is 24.8 Å². The molecule has 24 heavy (non-hydrogen) atoms. The second-order valence-electron chi connectivity index (χ2n) is 6.32. The Morgan fingerprint density at radius 2 is 1.88 bits per heavy atom. The molecule has 1 atom stereocenters. The first-order valence-corrected chi connectivity index (χ1v) is 8.18. The number of hydrogen-bond acceptors (Lipinski definition) is 6. The van der Waals surface area contributed by atoms with Crippen LogP contribution in [0, 0.1) is 5.92 Å². The normalized spacial score (nSPS) is 23.0.